The zero-order valence-corrected chi connectivity index (χ0v) is 16.5. The van der Waals surface area contributed by atoms with Gasteiger partial charge in [-0.05, 0) is 36.8 Å². The van der Waals surface area contributed by atoms with Gasteiger partial charge < -0.3 is 16.8 Å². The van der Waals surface area contributed by atoms with Gasteiger partial charge >= 0.3 is 0 Å². The summed E-state index contributed by atoms with van der Waals surface area (Å²) < 4.78 is 0. The number of primary amides is 1. The minimum atomic E-state index is -0.734. The van der Waals surface area contributed by atoms with Crippen LogP contribution in [0.25, 0.3) is 0 Å². The molecule has 1 aromatic heterocycles. The number of carbonyl (C=O) groups is 2. The van der Waals surface area contributed by atoms with Crippen molar-refractivity contribution in [3.8, 4) is 0 Å². The van der Waals surface area contributed by atoms with Crippen molar-refractivity contribution in [1.82, 2.24) is 0 Å². The normalized spacial score (nSPS) is 10.6. The molecule has 0 aliphatic carbocycles. The number of nitrogens with two attached hydrogens (primary N) is 2. The third-order valence-electron chi connectivity index (χ3n) is 3.95. The molecule has 0 bridgehead atoms. The van der Waals surface area contributed by atoms with Gasteiger partial charge in [0.05, 0.1) is 16.3 Å². The summed E-state index contributed by atoms with van der Waals surface area (Å²) >= 11 is 13.3. The maximum atomic E-state index is 12.9. The molecule has 3 aromatic rings. The van der Waals surface area contributed by atoms with Crippen LogP contribution in [0.3, 0.4) is 0 Å². The quantitative estimate of drug-likeness (QED) is 0.505. The van der Waals surface area contributed by atoms with Crippen molar-refractivity contribution in [3.63, 3.8) is 0 Å². The summed E-state index contributed by atoms with van der Waals surface area (Å²) in [7, 11) is 0. The Hall–Kier alpha value is -2.54. The number of benzene rings is 2. The molecule has 8 heteroatoms. The number of rotatable bonds is 5. The SMILES string of the molecule is Cc1ccc(Nc2sc(C(=O)c3ccccc3Cl)c(N)c2C(N)=O)cc1Cl. The number of halogens is 2. The molecular formula is C19H15Cl2N3O2S. The standard InChI is InChI=1S/C19H15Cl2N3O2S/c1-9-6-7-10(8-13(9)21)24-19-14(18(23)26)15(22)17(27-19)16(25)11-4-2-3-5-12(11)20/h2-8,24H,22H2,1H3,(H2,23,26). The van der Waals surface area contributed by atoms with Crippen molar-refractivity contribution < 1.29 is 9.59 Å². The van der Waals surface area contributed by atoms with E-state index >= 15 is 0 Å². The minimum absolute atomic E-state index is 0.0260. The van der Waals surface area contributed by atoms with Crippen molar-refractivity contribution in [2.75, 3.05) is 11.1 Å². The Morgan fingerprint density at radius 1 is 1.07 bits per heavy atom. The molecule has 0 saturated heterocycles. The Balaban J connectivity index is 2.06. The molecule has 27 heavy (non-hydrogen) atoms. The second kappa shape index (κ2) is 7.60. The zero-order valence-electron chi connectivity index (χ0n) is 14.2. The van der Waals surface area contributed by atoms with Gasteiger partial charge in [0, 0.05) is 16.3 Å². The van der Waals surface area contributed by atoms with Gasteiger partial charge in [-0.15, -0.1) is 11.3 Å². The number of aryl methyl sites for hydroxylation is 1. The van der Waals surface area contributed by atoms with E-state index in [1.807, 2.05) is 13.0 Å². The lowest BCUT2D eigenvalue weighted by Gasteiger charge is -2.07. The number of carbonyl (C=O) groups excluding carboxylic acids is 2. The van der Waals surface area contributed by atoms with Gasteiger partial charge in [0.1, 0.15) is 9.88 Å². The van der Waals surface area contributed by atoms with Crippen molar-refractivity contribution in [2.24, 2.45) is 5.73 Å². The van der Waals surface area contributed by atoms with E-state index in [1.165, 1.54) is 0 Å². The third kappa shape index (κ3) is 3.78. The first-order valence-electron chi connectivity index (χ1n) is 7.84. The summed E-state index contributed by atoms with van der Waals surface area (Å²) in [6, 6.07) is 12.0. The zero-order chi connectivity index (χ0) is 19.7. The van der Waals surface area contributed by atoms with Gasteiger partial charge in [0.25, 0.3) is 5.91 Å². The van der Waals surface area contributed by atoms with Crippen LogP contribution in [-0.4, -0.2) is 11.7 Å². The largest absolute Gasteiger partial charge is 0.397 e. The van der Waals surface area contributed by atoms with Crippen LogP contribution in [0.1, 0.15) is 31.2 Å². The number of hydrogen-bond acceptors (Lipinski definition) is 5. The molecule has 0 radical (unpaired) electrons. The highest BCUT2D eigenvalue weighted by Crippen LogP contribution is 2.39. The maximum Gasteiger partial charge on any atom is 0.253 e. The van der Waals surface area contributed by atoms with Crippen LogP contribution in [0.2, 0.25) is 10.0 Å². The summed E-state index contributed by atoms with van der Waals surface area (Å²) in [5.74, 6) is -1.11. The van der Waals surface area contributed by atoms with Crippen LogP contribution < -0.4 is 16.8 Å². The number of thiophene rings is 1. The molecule has 0 spiro atoms. The number of anilines is 3. The predicted octanol–water partition coefficient (Wildman–Crippen LogP) is 5.02. The van der Waals surface area contributed by atoms with Gasteiger partial charge in [-0.1, -0.05) is 41.4 Å². The molecule has 0 saturated carbocycles. The Kier molecular flexibility index (Phi) is 5.41. The number of nitrogen functional groups attached to an aromatic ring is 1. The molecule has 0 atom stereocenters. The highest BCUT2D eigenvalue weighted by molar-refractivity contribution is 7.19. The van der Waals surface area contributed by atoms with Crippen molar-refractivity contribution in [3.05, 3.63) is 74.1 Å². The fourth-order valence-corrected chi connectivity index (χ4v) is 4.02. The summed E-state index contributed by atoms with van der Waals surface area (Å²) in [6.45, 7) is 1.88. The van der Waals surface area contributed by atoms with E-state index in [-0.39, 0.29) is 21.9 Å². The molecule has 5 N–H and O–H groups in total. The van der Waals surface area contributed by atoms with Crippen LogP contribution in [0.4, 0.5) is 16.4 Å². The number of hydrogen-bond donors (Lipinski definition) is 3. The molecule has 138 valence electrons. The predicted molar refractivity (Wildman–Crippen MR) is 112 cm³/mol. The van der Waals surface area contributed by atoms with Crippen LogP contribution >= 0.6 is 34.5 Å². The Labute approximate surface area is 169 Å². The number of nitrogens with one attached hydrogen (secondary N) is 1. The first kappa shape index (κ1) is 19.2. The molecule has 2 aromatic carbocycles. The van der Waals surface area contributed by atoms with Crippen LogP contribution in [-0.2, 0) is 0 Å². The highest BCUT2D eigenvalue weighted by Gasteiger charge is 2.26. The van der Waals surface area contributed by atoms with Crippen LogP contribution in [0, 0.1) is 6.92 Å². The molecule has 5 nitrogen and oxygen atoms in total. The second-order valence-corrected chi connectivity index (χ2v) is 7.65. The number of ketones is 1. The highest BCUT2D eigenvalue weighted by atomic mass is 35.5. The Morgan fingerprint density at radius 2 is 1.78 bits per heavy atom. The third-order valence-corrected chi connectivity index (χ3v) is 5.80. The van der Waals surface area contributed by atoms with E-state index < -0.39 is 5.91 Å². The molecular weight excluding hydrogens is 405 g/mol. The molecule has 3 rings (SSSR count). The van der Waals surface area contributed by atoms with E-state index in [9.17, 15) is 9.59 Å². The molecule has 1 heterocycles. The summed E-state index contributed by atoms with van der Waals surface area (Å²) in [6.07, 6.45) is 0. The van der Waals surface area contributed by atoms with Gasteiger partial charge in [-0.25, -0.2) is 0 Å². The van der Waals surface area contributed by atoms with E-state index in [0.717, 1.165) is 16.9 Å². The average Bonchev–Trinajstić information content (AvgIpc) is 2.94. The monoisotopic (exact) mass is 419 g/mol. The van der Waals surface area contributed by atoms with Crippen molar-refractivity contribution in [1.29, 1.82) is 0 Å². The fourth-order valence-electron chi connectivity index (χ4n) is 2.51. The fraction of sp³-hybridized carbons (Fsp3) is 0.0526. The average molecular weight is 420 g/mol. The number of amides is 1. The smallest absolute Gasteiger partial charge is 0.253 e. The molecule has 0 aliphatic rings. The van der Waals surface area contributed by atoms with Crippen LogP contribution in [0.5, 0.6) is 0 Å². The summed E-state index contributed by atoms with van der Waals surface area (Å²) in [4.78, 5) is 25.0. The van der Waals surface area contributed by atoms with Crippen LogP contribution in [0.15, 0.2) is 42.5 Å². The topological polar surface area (TPSA) is 98.2 Å². The molecule has 0 aliphatic heterocycles. The van der Waals surface area contributed by atoms with Gasteiger partial charge in [-0.3, -0.25) is 9.59 Å². The van der Waals surface area contributed by atoms with Gasteiger partial charge in [0.2, 0.25) is 5.78 Å². The Morgan fingerprint density at radius 3 is 2.41 bits per heavy atom. The second-order valence-electron chi connectivity index (χ2n) is 5.81. The van der Waals surface area contributed by atoms with E-state index in [2.05, 4.69) is 5.32 Å². The lowest BCUT2D eigenvalue weighted by Crippen LogP contribution is -2.14. The first-order valence-corrected chi connectivity index (χ1v) is 9.41. The van der Waals surface area contributed by atoms with E-state index in [4.69, 9.17) is 34.7 Å². The van der Waals surface area contributed by atoms with Gasteiger partial charge in [0.15, 0.2) is 0 Å². The molecule has 0 unspecified atom stereocenters. The summed E-state index contributed by atoms with van der Waals surface area (Å²) in [5.41, 5.74) is 13.5. The van der Waals surface area contributed by atoms with E-state index in [0.29, 0.717) is 26.3 Å². The maximum absolute atomic E-state index is 12.9. The molecule has 0 fully saturated rings. The lowest BCUT2D eigenvalue weighted by atomic mass is 10.1. The first-order chi connectivity index (χ1) is 12.8. The lowest BCUT2D eigenvalue weighted by molar-refractivity contribution is 0.100. The van der Waals surface area contributed by atoms with Crippen molar-refractivity contribution in [2.45, 2.75) is 6.92 Å². The summed E-state index contributed by atoms with van der Waals surface area (Å²) in [5, 5.41) is 4.31. The van der Waals surface area contributed by atoms with Crippen molar-refractivity contribution >= 4 is 62.6 Å². The minimum Gasteiger partial charge on any atom is -0.397 e. The van der Waals surface area contributed by atoms with Gasteiger partial charge in [-0.2, -0.15) is 0 Å². The van der Waals surface area contributed by atoms with E-state index in [1.54, 1.807) is 36.4 Å². The Bertz CT molecular complexity index is 1060. The molecule has 1 amide bonds.